The summed E-state index contributed by atoms with van der Waals surface area (Å²) in [5.74, 6) is -0.438. The smallest absolute Gasteiger partial charge is 0.295 e. The van der Waals surface area contributed by atoms with Crippen LogP contribution in [-0.4, -0.2) is 66.0 Å². The average molecular weight is 495 g/mol. The van der Waals surface area contributed by atoms with E-state index in [0.717, 1.165) is 24.2 Å². The number of methoxy groups -OCH3 is 1. The first-order chi connectivity index (χ1) is 17.1. The molecule has 1 amide bonds. The number of Topliss-reactive ketones (excluding diaryl/α,β-unsaturated/α-hetero) is 1. The highest BCUT2D eigenvalue weighted by Crippen LogP contribution is 2.42. The first-order valence-corrected chi connectivity index (χ1v) is 12.6. The second kappa shape index (κ2) is 11.6. The molecular formula is C29H38N2O5. The molecule has 1 saturated heterocycles. The van der Waals surface area contributed by atoms with Crippen molar-refractivity contribution in [3.05, 3.63) is 64.2 Å². The summed E-state index contributed by atoms with van der Waals surface area (Å²) >= 11 is 0. The predicted molar refractivity (Wildman–Crippen MR) is 141 cm³/mol. The predicted octanol–water partition coefficient (Wildman–Crippen LogP) is 4.86. The van der Waals surface area contributed by atoms with Crippen LogP contribution < -0.4 is 9.47 Å². The van der Waals surface area contributed by atoms with Crippen LogP contribution in [-0.2, 0) is 9.59 Å². The Morgan fingerprint density at radius 2 is 1.81 bits per heavy atom. The highest BCUT2D eigenvalue weighted by Gasteiger charge is 2.46. The molecular weight excluding hydrogens is 456 g/mol. The van der Waals surface area contributed by atoms with Crippen LogP contribution in [0, 0.1) is 13.8 Å². The van der Waals surface area contributed by atoms with Gasteiger partial charge in [-0.05, 0) is 75.7 Å². The molecule has 1 atom stereocenters. The lowest BCUT2D eigenvalue weighted by atomic mass is 9.93. The van der Waals surface area contributed by atoms with E-state index in [1.807, 2.05) is 58.0 Å². The molecule has 194 valence electrons. The Labute approximate surface area is 214 Å². The summed E-state index contributed by atoms with van der Waals surface area (Å²) in [7, 11) is 1.53. The number of likely N-dealkylation sites (tertiary alicyclic amines) is 1. The number of hydrogen-bond acceptors (Lipinski definition) is 6. The Bertz CT molecular complexity index is 1150. The number of carbonyl (C=O) groups is 2. The van der Waals surface area contributed by atoms with Gasteiger partial charge in [0, 0.05) is 13.1 Å². The number of aryl methyl sites for hydroxylation is 2. The zero-order valence-electron chi connectivity index (χ0n) is 22.4. The number of likely N-dealkylation sites (N-methyl/N-ethyl adjacent to an activating group) is 1. The number of ketones is 1. The average Bonchev–Trinajstić information content (AvgIpc) is 3.08. The fourth-order valence-electron chi connectivity index (χ4n) is 4.82. The van der Waals surface area contributed by atoms with Crippen LogP contribution in [0.3, 0.4) is 0 Å². The molecule has 7 nitrogen and oxygen atoms in total. The number of aliphatic hydroxyl groups is 1. The van der Waals surface area contributed by atoms with Gasteiger partial charge >= 0.3 is 0 Å². The van der Waals surface area contributed by atoms with Crippen LogP contribution in [0.1, 0.15) is 56.0 Å². The molecule has 0 radical (unpaired) electrons. The zero-order valence-corrected chi connectivity index (χ0v) is 22.4. The standard InChI is InChI=1S/C29H38N2O5/c1-8-30(9-2)13-14-31-25(21-11-10-12-22(17-21)36-18(3)4)24(27(33)29(31)34)26(32)23-16-19(5)15-20(6)28(23)35-7/h10-12,15-18,25,32H,8-9,13-14H2,1-7H3/b26-24+. The molecule has 1 unspecified atom stereocenters. The van der Waals surface area contributed by atoms with Crippen LogP contribution in [0.4, 0.5) is 0 Å². The third kappa shape index (κ3) is 5.57. The molecule has 1 fully saturated rings. The second-order valence-corrected chi connectivity index (χ2v) is 9.42. The minimum atomic E-state index is -0.748. The van der Waals surface area contributed by atoms with Gasteiger partial charge in [0.2, 0.25) is 0 Å². The van der Waals surface area contributed by atoms with Crippen molar-refractivity contribution in [2.75, 3.05) is 33.3 Å². The Hall–Kier alpha value is -3.32. The number of rotatable bonds is 10. The number of carbonyl (C=O) groups excluding carboxylic acids is 2. The molecule has 3 rings (SSSR count). The van der Waals surface area contributed by atoms with E-state index in [9.17, 15) is 14.7 Å². The van der Waals surface area contributed by atoms with E-state index in [1.165, 1.54) is 7.11 Å². The molecule has 1 heterocycles. The van der Waals surface area contributed by atoms with E-state index in [4.69, 9.17) is 9.47 Å². The molecule has 0 aliphatic carbocycles. The molecule has 1 aliphatic heterocycles. The van der Waals surface area contributed by atoms with Gasteiger partial charge in [0.15, 0.2) is 0 Å². The quantitative estimate of drug-likeness (QED) is 0.289. The van der Waals surface area contributed by atoms with Crippen molar-refractivity contribution in [1.82, 2.24) is 9.80 Å². The Morgan fingerprint density at radius 3 is 2.42 bits per heavy atom. The van der Waals surface area contributed by atoms with Crippen molar-refractivity contribution in [3.8, 4) is 11.5 Å². The first-order valence-electron chi connectivity index (χ1n) is 12.6. The lowest BCUT2D eigenvalue weighted by molar-refractivity contribution is -0.140. The van der Waals surface area contributed by atoms with Crippen molar-refractivity contribution in [3.63, 3.8) is 0 Å². The number of amides is 1. The van der Waals surface area contributed by atoms with E-state index >= 15 is 0 Å². The summed E-state index contributed by atoms with van der Waals surface area (Å²) in [4.78, 5) is 30.5. The van der Waals surface area contributed by atoms with Crippen LogP contribution in [0.2, 0.25) is 0 Å². The first kappa shape index (κ1) is 27.3. The summed E-state index contributed by atoms with van der Waals surface area (Å²) < 4.78 is 11.5. The van der Waals surface area contributed by atoms with Gasteiger partial charge in [-0.2, -0.15) is 0 Å². The number of ether oxygens (including phenoxy) is 2. The van der Waals surface area contributed by atoms with Crippen LogP contribution in [0.25, 0.3) is 5.76 Å². The van der Waals surface area contributed by atoms with E-state index in [0.29, 0.717) is 35.7 Å². The molecule has 0 aromatic heterocycles. The van der Waals surface area contributed by atoms with Gasteiger partial charge in [-0.25, -0.2) is 0 Å². The van der Waals surface area contributed by atoms with Crippen LogP contribution in [0.5, 0.6) is 11.5 Å². The van der Waals surface area contributed by atoms with E-state index in [1.54, 1.807) is 11.0 Å². The molecule has 0 saturated carbocycles. The lowest BCUT2D eigenvalue weighted by Gasteiger charge is -2.28. The summed E-state index contributed by atoms with van der Waals surface area (Å²) in [6.45, 7) is 14.4. The maximum Gasteiger partial charge on any atom is 0.295 e. The van der Waals surface area contributed by atoms with Gasteiger partial charge in [0.1, 0.15) is 17.3 Å². The number of aliphatic hydroxyl groups excluding tert-OH is 1. The molecule has 0 bridgehead atoms. The van der Waals surface area contributed by atoms with Crippen molar-refractivity contribution >= 4 is 17.4 Å². The van der Waals surface area contributed by atoms with Gasteiger partial charge < -0.3 is 24.4 Å². The number of nitrogens with zero attached hydrogens (tertiary/aromatic N) is 2. The lowest BCUT2D eigenvalue weighted by Crippen LogP contribution is -2.38. The van der Waals surface area contributed by atoms with E-state index in [2.05, 4.69) is 18.7 Å². The summed E-state index contributed by atoms with van der Waals surface area (Å²) in [6, 6.07) is 10.4. The summed E-state index contributed by atoms with van der Waals surface area (Å²) in [6.07, 6.45) is -0.0335. The molecule has 36 heavy (non-hydrogen) atoms. The van der Waals surface area contributed by atoms with Gasteiger partial charge in [0.25, 0.3) is 11.7 Å². The second-order valence-electron chi connectivity index (χ2n) is 9.42. The summed E-state index contributed by atoms with van der Waals surface area (Å²) in [5, 5.41) is 11.6. The minimum absolute atomic E-state index is 0.0335. The van der Waals surface area contributed by atoms with Crippen LogP contribution >= 0.6 is 0 Å². The monoisotopic (exact) mass is 494 g/mol. The molecule has 1 N–H and O–H groups in total. The number of benzene rings is 2. The fraction of sp³-hybridized carbons (Fsp3) is 0.448. The molecule has 1 aliphatic rings. The van der Waals surface area contributed by atoms with Gasteiger partial charge in [-0.15, -0.1) is 0 Å². The van der Waals surface area contributed by atoms with Crippen molar-refractivity contribution < 1.29 is 24.2 Å². The third-order valence-electron chi connectivity index (χ3n) is 6.52. The summed E-state index contributed by atoms with van der Waals surface area (Å²) in [5.41, 5.74) is 2.91. The van der Waals surface area contributed by atoms with Crippen molar-refractivity contribution in [2.24, 2.45) is 0 Å². The topological polar surface area (TPSA) is 79.3 Å². The van der Waals surface area contributed by atoms with Crippen molar-refractivity contribution in [2.45, 2.75) is 53.7 Å². The normalized spacial score (nSPS) is 17.4. The van der Waals surface area contributed by atoms with Gasteiger partial charge in [-0.1, -0.05) is 32.0 Å². The number of hydrogen-bond donors (Lipinski definition) is 1. The highest BCUT2D eigenvalue weighted by molar-refractivity contribution is 6.46. The van der Waals surface area contributed by atoms with Crippen molar-refractivity contribution in [1.29, 1.82) is 0 Å². The zero-order chi connectivity index (χ0) is 26.6. The molecule has 2 aromatic carbocycles. The Morgan fingerprint density at radius 1 is 1.11 bits per heavy atom. The maximum atomic E-state index is 13.4. The Balaban J connectivity index is 2.21. The molecule has 0 spiro atoms. The fourth-order valence-corrected chi connectivity index (χ4v) is 4.82. The maximum absolute atomic E-state index is 13.4. The molecule has 7 heteroatoms. The van der Waals surface area contributed by atoms with E-state index < -0.39 is 17.7 Å². The molecule has 2 aromatic rings. The highest BCUT2D eigenvalue weighted by atomic mass is 16.5. The largest absolute Gasteiger partial charge is 0.507 e. The third-order valence-corrected chi connectivity index (χ3v) is 6.52. The SMILES string of the molecule is CCN(CC)CCN1C(=O)C(=O)/C(=C(/O)c2cc(C)cc(C)c2OC)C1c1cccc(OC(C)C)c1. The van der Waals surface area contributed by atoms with Gasteiger partial charge in [0.05, 0.1) is 30.4 Å². The Kier molecular flexibility index (Phi) is 8.79. The van der Waals surface area contributed by atoms with E-state index in [-0.39, 0.29) is 17.4 Å². The van der Waals surface area contributed by atoms with Crippen LogP contribution in [0.15, 0.2) is 42.0 Å². The van der Waals surface area contributed by atoms with Gasteiger partial charge in [-0.3, -0.25) is 9.59 Å². The minimum Gasteiger partial charge on any atom is -0.507 e.